The quantitative estimate of drug-likeness (QED) is 0.613. The summed E-state index contributed by atoms with van der Waals surface area (Å²) in [6.07, 6.45) is 1.70. The van der Waals surface area contributed by atoms with Crippen molar-refractivity contribution >= 4 is 28.4 Å². The number of rotatable bonds is 7. The van der Waals surface area contributed by atoms with E-state index in [2.05, 4.69) is 29.4 Å². The Morgan fingerprint density at radius 3 is 2.65 bits per heavy atom. The first-order valence-electron chi connectivity index (χ1n) is 11.0. The summed E-state index contributed by atoms with van der Waals surface area (Å²) >= 11 is 0. The number of amides is 2. The van der Waals surface area contributed by atoms with Gasteiger partial charge in [0.15, 0.2) is 0 Å². The van der Waals surface area contributed by atoms with E-state index in [4.69, 9.17) is 0 Å². The third-order valence-corrected chi connectivity index (χ3v) is 6.05. The fourth-order valence-electron chi connectivity index (χ4n) is 4.28. The van der Waals surface area contributed by atoms with Crippen molar-refractivity contribution in [1.82, 2.24) is 14.8 Å². The number of aromatic nitrogens is 1. The van der Waals surface area contributed by atoms with Crippen LogP contribution >= 0.6 is 0 Å². The lowest BCUT2D eigenvalue weighted by Crippen LogP contribution is -2.49. The van der Waals surface area contributed by atoms with E-state index < -0.39 is 6.04 Å². The topological polar surface area (TPSA) is 68.4 Å². The van der Waals surface area contributed by atoms with Gasteiger partial charge in [-0.25, -0.2) is 0 Å². The number of nitrogens with one attached hydrogen (secondary N) is 2. The SMILES string of the molecule is CCCN(CC(=O)N1CCc2[nH]c3ccccc3c2C1)C(C)C(=O)Nc1ccccc1. The van der Waals surface area contributed by atoms with Gasteiger partial charge in [0.2, 0.25) is 11.8 Å². The van der Waals surface area contributed by atoms with Gasteiger partial charge in [-0.1, -0.05) is 43.3 Å². The Labute approximate surface area is 183 Å². The normalized spacial score (nSPS) is 14.5. The van der Waals surface area contributed by atoms with Crippen molar-refractivity contribution in [3.05, 3.63) is 65.9 Å². The molecule has 0 bridgehead atoms. The van der Waals surface area contributed by atoms with Crippen molar-refractivity contribution in [1.29, 1.82) is 0 Å². The summed E-state index contributed by atoms with van der Waals surface area (Å²) in [5.41, 5.74) is 4.34. The zero-order valence-corrected chi connectivity index (χ0v) is 18.2. The minimum Gasteiger partial charge on any atom is -0.358 e. The van der Waals surface area contributed by atoms with Crippen LogP contribution in [0.3, 0.4) is 0 Å². The molecule has 2 aromatic carbocycles. The summed E-state index contributed by atoms with van der Waals surface area (Å²) in [7, 11) is 0. The van der Waals surface area contributed by atoms with Crippen LogP contribution in [0.2, 0.25) is 0 Å². The number of aromatic amines is 1. The van der Waals surface area contributed by atoms with Gasteiger partial charge in [-0.2, -0.15) is 0 Å². The second-order valence-corrected chi connectivity index (χ2v) is 8.19. The van der Waals surface area contributed by atoms with Gasteiger partial charge in [0.05, 0.1) is 12.6 Å². The third kappa shape index (κ3) is 4.64. The highest BCUT2D eigenvalue weighted by atomic mass is 16.2. The van der Waals surface area contributed by atoms with Gasteiger partial charge in [-0.05, 0) is 38.1 Å². The highest BCUT2D eigenvalue weighted by molar-refractivity contribution is 5.95. The van der Waals surface area contributed by atoms with Crippen molar-refractivity contribution in [2.24, 2.45) is 0 Å². The first-order chi connectivity index (χ1) is 15.1. The maximum absolute atomic E-state index is 13.2. The van der Waals surface area contributed by atoms with Gasteiger partial charge >= 0.3 is 0 Å². The van der Waals surface area contributed by atoms with Crippen LogP contribution in [0, 0.1) is 0 Å². The Hall–Kier alpha value is -3.12. The molecule has 1 aliphatic rings. The maximum atomic E-state index is 13.2. The number of carbonyl (C=O) groups is 2. The predicted molar refractivity (Wildman–Crippen MR) is 124 cm³/mol. The molecule has 0 aliphatic carbocycles. The second kappa shape index (κ2) is 9.35. The molecule has 0 spiro atoms. The van der Waals surface area contributed by atoms with E-state index in [-0.39, 0.29) is 18.4 Å². The molecule has 4 rings (SSSR count). The number of hydrogen-bond acceptors (Lipinski definition) is 3. The Balaban J connectivity index is 1.43. The van der Waals surface area contributed by atoms with Crippen molar-refractivity contribution < 1.29 is 9.59 Å². The molecule has 162 valence electrons. The van der Waals surface area contributed by atoms with E-state index in [0.717, 1.165) is 24.0 Å². The zero-order chi connectivity index (χ0) is 21.8. The number of H-pyrrole nitrogens is 1. The van der Waals surface area contributed by atoms with Crippen LogP contribution in [0.5, 0.6) is 0 Å². The molecule has 1 unspecified atom stereocenters. The minimum atomic E-state index is -0.391. The molecule has 2 amide bonds. The average molecular weight is 419 g/mol. The van der Waals surface area contributed by atoms with Crippen LogP contribution in [-0.4, -0.2) is 52.3 Å². The van der Waals surface area contributed by atoms with Crippen LogP contribution in [0.1, 0.15) is 31.5 Å². The van der Waals surface area contributed by atoms with Gasteiger partial charge in [-0.15, -0.1) is 0 Å². The summed E-state index contributed by atoms with van der Waals surface area (Å²) in [6, 6.07) is 17.3. The summed E-state index contributed by atoms with van der Waals surface area (Å²) in [6.45, 7) is 6.19. The fourth-order valence-corrected chi connectivity index (χ4v) is 4.28. The summed E-state index contributed by atoms with van der Waals surface area (Å²) in [4.78, 5) is 33.4. The Morgan fingerprint density at radius 2 is 1.87 bits per heavy atom. The largest absolute Gasteiger partial charge is 0.358 e. The molecule has 6 heteroatoms. The number of benzene rings is 2. The molecule has 31 heavy (non-hydrogen) atoms. The van der Waals surface area contributed by atoms with Crippen molar-refractivity contribution in [2.75, 3.05) is 25.0 Å². The van der Waals surface area contributed by atoms with E-state index in [1.165, 1.54) is 16.6 Å². The van der Waals surface area contributed by atoms with E-state index in [1.807, 2.05) is 59.2 Å². The minimum absolute atomic E-state index is 0.0729. The Bertz CT molecular complexity index is 1060. The number of anilines is 1. The number of para-hydroxylation sites is 2. The average Bonchev–Trinajstić information content (AvgIpc) is 3.17. The van der Waals surface area contributed by atoms with Crippen molar-refractivity contribution in [3.63, 3.8) is 0 Å². The number of carbonyl (C=O) groups excluding carboxylic acids is 2. The molecular formula is C25H30N4O2. The van der Waals surface area contributed by atoms with E-state index in [0.29, 0.717) is 19.6 Å². The van der Waals surface area contributed by atoms with Crippen molar-refractivity contribution in [2.45, 2.75) is 39.3 Å². The first-order valence-corrected chi connectivity index (χ1v) is 11.0. The summed E-state index contributed by atoms with van der Waals surface area (Å²) in [5.74, 6) is -0.0197. The van der Waals surface area contributed by atoms with Crippen LogP contribution in [0.4, 0.5) is 5.69 Å². The van der Waals surface area contributed by atoms with Crippen LogP contribution in [0.15, 0.2) is 54.6 Å². The molecular weight excluding hydrogens is 388 g/mol. The third-order valence-electron chi connectivity index (χ3n) is 6.05. The van der Waals surface area contributed by atoms with Gasteiger partial charge in [0.25, 0.3) is 0 Å². The van der Waals surface area contributed by atoms with E-state index in [1.54, 1.807) is 0 Å². The molecule has 3 aromatic rings. The highest BCUT2D eigenvalue weighted by Crippen LogP contribution is 2.27. The smallest absolute Gasteiger partial charge is 0.241 e. The van der Waals surface area contributed by atoms with Gasteiger partial charge in [0.1, 0.15) is 0 Å². The first kappa shape index (κ1) is 21.1. The monoisotopic (exact) mass is 418 g/mol. The summed E-state index contributed by atoms with van der Waals surface area (Å²) in [5, 5.41) is 4.14. The van der Waals surface area contributed by atoms with Gasteiger partial charge in [0, 0.05) is 47.4 Å². The molecule has 1 atom stereocenters. The lowest BCUT2D eigenvalue weighted by atomic mass is 10.0. The molecule has 1 aliphatic heterocycles. The van der Waals surface area contributed by atoms with Crippen LogP contribution in [0.25, 0.3) is 10.9 Å². The molecule has 0 fully saturated rings. The molecule has 0 radical (unpaired) electrons. The van der Waals surface area contributed by atoms with Gasteiger partial charge < -0.3 is 15.2 Å². The number of hydrogen-bond donors (Lipinski definition) is 2. The van der Waals surface area contributed by atoms with Crippen LogP contribution < -0.4 is 5.32 Å². The zero-order valence-electron chi connectivity index (χ0n) is 18.2. The lowest BCUT2D eigenvalue weighted by Gasteiger charge is -2.32. The van der Waals surface area contributed by atoms with E-state index >= 15 is 0 Å². The Kier molecular flexibility index (Phi) is 6.37. The second-order valence-electron chi connectivity index (χ2n) is 8.19. The summed E-state index contributed by atoms with van der Waals surface area (Å²) < 4.78 is 0. The Morgan fingerprint density at radius 1 is 1.13 bits per heavy atom. The van der Waals surface area contributed by atoms with Crippen LogP contribution in [-0.2, 0) is 22.6 Å². The number of nitrogens with zero attached hydrogens (tertiary/aromatic N) is 2. The maximum Gasteiger partial charge on any atom is 0.241 e. The van der Waals surface area contributed by atoms with Crippen molar-refractivity contribution in [3.8, 4) is 0 Å². The molecule has 0 saturated carbocycles. The molecule has 2 heterocycles. The highest BCUT2D eigenvalue weighted by Gasteiger charge is 2.28. The predicted octanol–water partition coefficient (Wildman–Crippen LogP) is 3.79. The molecule has 1 aromatic heterocycles. The molecule has 6 nitrogen and oxygen atoms in total. The standard InChI is InChI=1S/C25H30N4O2/c1-3-14-28(18(2)25(31)26-19-9-5-4-6-10-19)17-24(30)29-15-13-23-21(16-29)20-11-7-8-12-22(20)27-23/h4-12,18,27H,3,13-17H2,1-2H3,(H,26,31). The molecule has 0 saturated heterocycles. The molecule has 2 N–H and O–H groups in total. The fraction of sp³-hybridized carbons (Fsp3) is 0.360. The lowest BCUT2D eigenvalue weighted by molar-refractivity contribution is -0.134. The number of fused-ring (bicyclic) bond motifs is 3. The van der Waals surface area contributed by atoms with E-state index in [9.17, 15) is 9.59 Å². The van der Waals surface area contributed by atoms with Gasteiger partial charge in [-0.3, -0.25) is 14.5 Å².